The molecule has 0 radical (unpaired) electrons. The summed E-state index contributed by atoms with van der Waals surface area (Å²) in [4.78, 5) is 26.1. The van der Waals surface area contributed by atoms with Crippen molar-refractivity contribution >= 4 is 16.9 Å². The highest BCUT2D eigenvalue weighted by Gasteiger charge is 2.48. The van der Waals surface area contributed by atoms with Crippen LogP contribution in [0.1, 0.15) is 74.6 Å². The second kappa shape index (κ2) is 8.23. The van der Waals surface area contributed by atoms with Gasteiger partial charge < -0.3 is 9.88 Å². The van der Waals surface area contributed by atoms with Crippen LogP contribution in [0.2, 0.25) is 0 Å². The van der Waals surface area contributed by atoms with Crippen molar-refractivity contribution in [3.63, 3.8) is 0 Å². The highest BCUT2D eigenvalue weighted by atomic mass is 16.2. The SMILES string of the molecule is O=C(c1ccc2nc[nH]c2c1)N1C[C@H]2C[C@@H](C1)[C@H](CC1CCCCC1)N1CCCC[C@@H]21. The Labute approximate surface area is 185 Å². The fourth-order valence-corrected chi connectivity index (χ4v) is 7.41. The summed E-state index contributed by atoms with van der Waals surface area (Å²) in [6, 6.07) is 7.31. The molecule has 4 fully saturated rings. The van der Waals surface area contributed by atoms with Crippen LogP contribution in [-0.4, -0.2) is 57.4 Å². The van der Waals surface area contributed by atoms with Crippen molar-refractivity contribution in [3.8, 4) is 0 Å². The molecule has 3 saturated heterocycles. The molecule has 4 atom stereocenters. The average Bonchev–Trinajstić information content (AvgIpc) is 3.30. The van der Waals surface area contributed by atoms with Gasteiger partial charge in [0.15, 0.2) is 0 Å². The predicted molar refractivity (Wildman–Crippen MR) is 123 cm³/mol. The first-order valence-corrected chi connectivity index (χ1v) is 12.7. The van der Waals surface area contributed by atoms with Crippen molar-refractivity contribution in [2.45, 2.75) is 76.3 Å². The van der Waals surface area contributed by atoms with Crippen molar-refractivity contribution in [1.82, 2.24) is 19.8 Å². The van der Waals surface area contributed by atoms with Gasteiger partial charge in [0.2, 0.25) is 0 Å². The minimum absolute atomic E-state index is 0.215. The number of likely N-dealkylation sites (tertiary alicyclic amines) is 1. The summed E-state index contributed by atoms with van der Waals surface area (Å²) in [5.74, 6) is 2.43. The molecule has 1 aromatic carbocycles. The number of rotatable bonds is 3. The zero-order valence-corrected chi connectivity index (χ0v) is 18.6. The Kier molecular flexibility index (Phi) is 5.25. The standard InChI is InChI=1S/C26H36N4O/c31-26(19-9-10-22-23(14-19)28-17-27-22)29-15-20-13-21(16-29)25(12-18-6-2-1-3-7-18)30-11-5-4-8-24(20)30/h9-10,14,17-18,20-21,24-25H,1-8,11-13,15-16H2,(H,27,28)/t20-,21+,24+,25+/m1/s1. The van der Waals surface area contributed by atoms with Crippen LogP contribution in [0, 0.1) is 17.8 Å². The predicted octanol–water partition coefficient (Wildman–Crippen LogP) is 4.85. The third-order valence-corrected chi connectivity index (χ3v) is 8.88. The summed E-state index contributed by atoms with van der Waals surface area (Å²) < 4.78 is 0. The molecule has 5 heteroatoms. The van der Waals surface area contributed by atoms with Gasteiger partial charge in [-0.25, -0.2) is 4.98 Å². The molecular formula is C26H36N4O. The highest BCUT2D eigenvalue weighted by Crippen LogP contribution is 2.44. The lowest BCUT2D eigenvalue weighted by Gasteiger charge is -2.57. The molecule has 2 bridgehead atoms. The van der Waals surface area contributed by atoms with Crippen molar-refractivity contribution in [1.29, 1.82) is 0 Å². The molecule has 6 rings (SSSR count). The van der Waals surface area contributed by atoms with Crippen LogP contribution in [-0.2, 0) is 0 Å². The smallest absolute Gasteiger partial charge is 0.253 e. The fraction of sp³-hybridized carbons (Fsp3) is 0.692. The number of amides is 1. The van der Waals surface area contributed by atoms with Crippen LogP contribution >= 0.6 is 0 Å². The summed E-state index contributed by atoms with van der Waals surface area (Å²) in [6.07, 6.45) is 15.6. The van der Waals surface area contributed by atoms with Gasteiger partial charge in [-0.2, -0.15) is 0 Å². The Morgan fingerprint density at radius 2 is 1.87 bits per heavy atom. The Morgan fingerprint density at radius 3 is 2.77 bits per heavy atom. The highest BCUT2D eigenvalue weighted by molar-refractivity contribution is 5.97. The van der Waals surface area contributed by atoms with Crippen LogP contribution in [0.4, 0.5) is 0 Å². The van der Waals surface area contributed by atoms with Crippen molar-refractivity contribution in [3.05, 3.63) is 30.1 Å². The van der Waals surface area contributed by atoms with E-state index in [1.807, 2.05) is 18.2 Å². The third-order valence-electron chi connectivity index (χ3n) is 8.88. The van der Waals surface area contributed by atoms with Crippen LogP contribution in [0.25, 0.3) is 11.0 Å². The first kappa shape index (κ1) is 19.8. The van der Waals surface area contributed by atoms with Crippen molar-refractivity contribution in [2.24, 2.45) is 17.8 Å². The van der Waals surface area contributed by atoms with Gasteiger partial charge >= 0.3 is 0 Å². The van der Waals surface area contributed by atoms with E-state index < -0.39 is 0 Å². The Balaban J connectivity index is 1.24. The number of hydrogen-bond acceptors (Lipinski definition) is 3. The summed E-state index contributed by atoms with van der Waals surface area (Å²) in [7, 11) is 0. The molecule has 4 aliphatic rings. The maximum atomic E-state index is 13.5. The number of carbonyl (C=O) groups is 1. The van der Waals surface area contributed by atoms with Crippen LogP contribution in [0.5, 0.6) is 0 Å². The number of carbonyl (C=O) groups excluding carboxylic acids is 1. The number of H-pyrrole nitrogens is 1. The minimum Gasteiger partial charge on any atom is -0.345 e. The van der Waals surface area contributed by atoms with E-state index in [0.717, 1.165) is 35.6 Å². The van der Waals surface area contributed by atoms with Gasteiger partial charge in [-0.3, -0.25) is 9.69 Å². The molecule has 0 spiro atoms. The maximum absolute atomic E-state index is 13.5. The number of piperidine rings is 3. The molecule has 1 N–H and O–H groups in total. The number of nitrogens with zero attached hydrogens (tertiary/aromatic N) is 3. The molecule has 3 aliphatic heterocycles. The quantitative estimate of drug-likeness (QED) is 0.772. The van der Waals surface area contributed by atoms with Gasteiger partial charge in [0.05, 0.1) is 17.4 Å². The van der Waals surface area contributed by atoms with Gasteiger partial charge in [-0.05, 0) is 68.2 Å². The topological polar surface area (TPSA) is 52.2 Å². The van der Waals surface area contributed by atoms with Crippen LogP contribution in [0.3, 0.4) is 0 Å². The lowest BCUT2D eigenvalue weighted by Crippen LogP contribution is -2.64. The molecule has 4 heterocycles. The monoisotopic (exact) mass is 420 g/mol. The number of aromatic nitrogens is 2. The van der Waals surface area contributed by atoms with Crippen molar-refractivity contribution in [2.75, 3.05) is 19.6 Å². The molecule has 1 amide bonds. The number of nitrogens with one attached hydrogen (secondary N) is 1. The van der Waals surface area contributed by atoms with Crippen LogP contribution in [0.15, 0.2) is 24.5 Å². The van der Waals surface area contributed by atoms with E-state index in [1.54, 1.807) is 6.33 Å². The minimum atomic E-state index is 0.215. The van der Waals surface area contributed by atoms with E-state index in [2.05, 4.69) is 19.8 Å². The van der Waals surface area contributed by atoms with E-state index in [9.17, 15) is 4.79 Å². The summed E-state index contributed by atoms with van der Waals surface area (Å²) in [5.41, 5.74) is 2.69. The molecule has 2 aromatic rings. The number of imidazole rings is 1. The van der Waals surface area contributed by atoms with E-state index in [-0.39, 0.29) is 5.91 Å². The Bertz CT molecular complexity index is 932. The number of fused-ring (bicyclic) bond motifs is 5. The molecular weight excluding hydrogens is 384 g/mol. The molecule has 1 aliphatic carbocycles. The summed E-state index contributed by atoms with van der Waals surface area (Å²) in [5, 5.41) is 0. The normalized spacial score (nSPS) is 32.2. The second-order valence-corrected chi connectivity index (χ2v) is 10.7. The summed E-state index contributed by atoms with van der Waals surface area (Å²) in [6.45, 7) is 3.17. The Hall–Kier alpha value is -1.88. The lowest BCUT2D eigenvalue weighted by atomic mass is 9.69. The van der Waals surface area contributed by atoms with Gasteiger partial charge in [0.25, 0.3) is 5.91 Å². The third kappa shape index (κ3) is 3.69. The molecule has 31 heavy (non-hydrogen) atoms. The van der Waals surface area contributed by atoms with Gasteiger partial charge in [-0.15, -0.1) is 0 Å². The number of aromatic amines is 1. The first-order valence-electron chi connectivity index (χ1n) is 12.7. The van der Waals surface area contributed by atoms with Gasteiger partial charge in [0, 0.05) is 30.7 Å². The van der Waals surface area contributed by atoms with Crippen molar-refractivity contribution < 1.29 is 4.79 Å². The summed E-state index contributed by atoms with van der Waals surface area (Å²) >= 11 is 0. The lowest BCUT2D eigenvalue weighted by molar-refractivity contribution is -0.0725. The van der Waals surface area contributed by atoms with E-state index in [0.29, 0.717) is 23.9 Å². The average molecular weight is 421 g/mol. The first-order chi connectivity index (χ1) is 15.3. The van der Waals surface area contributed by atoms with E-state index in [4.69, 9.17) is 0 Å². The maximum Gasteiger partial charge on any atom is 0.253 e. The van der Waals surface area contributed by atoms with Gasteiger partial charge in [0.1, 0.15) is 0 Å². The number of benzene rings is 1. The second-order valence-electron chi connectivity index (χ2n) is 10.7. The fourth-order valence-electron chi connectivity index (χ4n) is 7.41. The zero-order valence-electron chi connectivity index (χ0n) is 18.6. The van der Waals surface area contributed by atoms with E-state index >= 15 is 0 Å². The zero-order chi connectivity index (χ0) is 20.8. The number of hydrogen-bond donors (Lipinski definition) is 1. The molecule has 1 aromatic heterocycles. The Morgan fingerprint density at radius 1 is 1.03 bits per heavy atom. The molecule has 0 unspecified atom stereocenters. The molecule has 1 saturated carbocycles. The largest absolute Gasteiger partial charge is 0.345 e. The van der Waals surface area contributed by atoms with Gasteiger partial charge in [-0.1, -0.05) is 38.5 Å². The molecule has 5 nitrogen and oxygen atoms in total. The molecule has 166 valence electrons. The van der Waals surface area contributed by atoms with Crippen LogP contribution < -0.4 is 0 Å². The van der Waals surface area contributed by atoms with E-state index in [1.165, 1.54) is 70.8 Å².